The van der Waals surface area contributed by atoms with Crippen molar-refractivity contribution in [3.05, 3.63) is 114 Å². The Morgan fingerprint density at radius 1 is 0.971 bits per heavy atom. The quantitative estimate of drug-likeness (QED) is 0.148. The lowest BCUT2D eigenvalue weighted by Gasteiger charge is -2.06. The van der Waals surface area contributed by atoms with E-state index in [-0.39, 0.29) is 17.2 Å². The number of carbonyl (C=O) groups excluding carboxylic acids is 2. The average molecular weight is 467 g/mol. The molecule has 2 N–H and O–H groups in total. The molecular formula is C27H18FN3O4. The van der Waals surface area contributed by atoms with E-state index < -0.39 is 17.7 Å². The van der Waals surface area contributed by atoms with Crippen LogP contribution in [0.25, 0.3) is 22.0 Å². The fourth-order valence-corrected chi connectivity index (χ4v) is 3.68. The second kappa shape index (κ2) is 9.48. The van der Waals surface area contributed by atoms with Crippen LogP contribution in [0, 0.1) is 5.82 Å². The summed E-state index contributed by atoms with van der Waals surface area (Å²) in [6.07, 6.45) is 2.74. The molecule has 0 saturated heterocycles. The molecule has 35 heavy (non-hydrogen) atoms. The van der Waals surface area contributed by atoms with Crippen molar-refractivity contribution in [1.82, 2.24) is 10.4 Å². The molecule has 5 rings (SSSR count). The number of carbonyl (C=O) groups is 2. The summed E-state index contributed by atoms with van der Waals surface area (Å²) in [6, 6.07) is 23.3. The van der Waals surface area contributed by atoms with Gasteiger partial charge in [-0.1, -0.05) is 42.5 Å². The number of hydrogen-bond acceptors (Lipinski definition) is 5. The highest BCUT2D eigenvalue weighted by Gasteiger charge is 2.19. The van der Waals surface area contributed by atoms with Gasteiger partial charge in [-0.3, -0.25) is 4.79 Å². The first-order chi connectivity index (χ1) is 17.1. The molecule has 0 unspecified atom stereocenters. The molecule has 172 valence electrons. The average Bonchev–Trinajstić information content (AvgIpc) is 3.54. The highest BCUT2D eigenvalue weighted by Crippen LogP contribution is 2.33. The largest absolute Gasteiger partial charge is 0.457 e. The van der Waals surface area contributed by atoms with Crippen molar-refractivity contribution in [3.8, 4) is 16.9 Å². The maximum Gasteiger partial charge on any atom is 0.379 e. The number of furan rings is 1. The van der Waals surface area contributed by atoms with Gasteiger partial charge in [0.05, 0.1) is 12.5 Å². The smallest absolute Gasteiger partial charge is 0.379 e. The third kappa shape index (κ3) is 4.58. The van der Waals surface area contributed by atoms with Crippen molar-refractivity contribution in [3.63, 3.8) is 0 Å². The highest BCUT2D eigenvalue weighted by atomic mass is 19.1. The number of nitrogens with one attached hydrogen (secondary N) is 2. The van der Waals surface area contributed by atoms with Crippen LogP contribution in [0.1, 0.15) is 26.6 Å². The molecule has 0 bridgehead atoms. The zero-order chi connectivity index (χ0) is 24.2. The number of hydrazone groups is 1. The van der Waals surface area contributed by atoms with Crippen molar-refractivity contribution in [2.45, 2.75) is 0 Å². The number of nitrogens with zero attached hydrogens (tertiary/aromatic N) is 1. The van der Waals surface area contributed by atoms with Gasteiger partial charge in [-0.2, -0.15) is 5.10 Å². The minimum atomic E-state index is -0.655. The summed E-state index contributed by atoms with van der Waals surface area (Å²) in [6.45, 7) is 0. The Morgan fingerprint density at radius 2 is 1.77 bits per heavy atom. The Morgan fingerprint density at radius 3 is 2.57 bits per heavy atom. The van der Waals surface area contributed by atoms with E-state index in [1.165, 1.54) is 30.7 Å². The number of halogens is 1. The molecule has 5 aromatic rings. The number of aromatic nitrogens is 1. The third-order valence-electron chi connectivity index (χ3n) is 5.26. The van der Waals surface area contributed by atoms with Crippen LogP contribution in [0.5, 0.6) is 5.75 Å². The fourth-order valence-electron chi connectivity index (χ4n) is 3.68. The Labute approximate surface area is 198 Å². The van der Waals surface area contributed by atoms with Crippen LogP contribution in [0.3, 0.4) is 0 Å². The molecule has 0 atom stereocenters. The molecule has 2 aromatic heterocycles. The van der Waals surface area contributed by atoms with Crippen LogP contribution in [0.15, 0.2) is 101 Å². The molecule has 0 fully saturated rings. The van der Waals surface area contributed by atoms with E-state index in [4.69, 9.17) is 9.15 Å². The summed E-state index contributed by atoms with van der Waals surface area (Å²) < 4.78 is 24.4. The maximum atomic E-state index is 14.0. The third-order valence-corrected chi connectivity index (χ3v) is 5.26. The van der Waals surface area contributed by atoms with Crippen LogP contribution in [0.4, 0.5) is 4.39 Å². The van der Waals surface area contributed by atoms with Gasteiger partial charge in [-0.25, -0.2) is 14.6 Å². The second-order valence-electron chi connectivity index (χ2n) is 7.53. The van der Waals surface area contributed by atoms with Crippen molar-refractivity contribution in [2.24, 2.45) is 5.10 Å². The number of amides is 1. The van der Waals surface area contributed by atoms with Gasteiger partial charge in [0.15, 0.2) is 0 Å². The van der Waals surface area contributed by atoms with Gasteiger partial charge in [0, 0.05) is 22.0 Å². The van der Waals surface area contributed by atoms with Crippen LogP contribution in [-0.4, -0.2) is 23.1 Å². The standard InChI is InChI=1S/C27H18FN3O4/c28-19-12-13-21-20(15-19)24(17-7-2-1-3-8-17)25(30-21)26(32)31-29-16-18-9-4-5-10-22(18)35-27(33)23-11-6-14-34-23/h1-16,30H,(H,31,32). The number of aromatic amines is 1. The highest BCUT2D eigenvalue weighted by molar-refractivity contribution is 6.09. The zero-order valence-corrected chi connectivity index (χ0v) is 18.2. The number of para-hydroxylation sites is 1. The number of esters is 1. The molecular weight excluding hydrogens is 449 g/mol. The molecule has 0 aliphatic carbocycles. The molecule has 8 heteroatoms. The Hall–Kier alpha value is -4.98. The van der Waals surface area contributed by atoms with E-state index in [1.807, 2.05) is 30.3 Å². The van der Waals surface area contributed by atoms with Gasteiger partial charge in [-0.15, -0.1) is 0 Å². The second-order valence-corrected chi connectivity index (χ2v) is 7.53. The number of H-pyrrole nitrogens is 1. The zero-order valence-electron chi connectivity index (χ0n) is 18.2. The van der Waals surface area contributed by atoms with Crippen LogP contribution >= 0.6 is 0 Å². The number of hydrogen-bond donors (Lipinski definition) is 2. The lowest BCUT2D eigenvalue weighted by Crippen LogP contribution is -2.19. The van der Waals surface area contributed by atoms with Crippen LogP contribution in [0.2, 0.25) is 0 Å². The monoisotopic (exact) mass is 467 g/mol. The van der Waals surface area contributed by atoms with Gasteiger partial charge in [-0.05, 0) is 48.0 Å². The van der Waals surface area contributed by atoms with Gasteiger partial charge >= 0.3 is 5.97 Å². The Balaban J connectivity index is 1.40. The first-order valence-electron chi connectivity index (χ1n) is 10.6. The van der Waals surface area contributed by atoms with Gasteiger partial charge in [0.25, 0.3) is 5.91 Å². The molecule has 0 aliphatic heterocycles. The van der Waals surface area contributed by atoms with Crippen molar-refractivity contribution in [2.75, 3.05) is 0 Å². The van der Waals surface area contributed by atoms with Gasteiger partial charge < -0.3 is 14.1 Å². The number of benzene rings is 3. The number of fused-ring (bicyclic) bond motifs is 1. The maximum absolute atomic E-state index is 14.0. The topological polar surface area (TPSA) is 96.7 Å². The minimum Gasteiger partial charge on any atom is -0.457 e. The number of rotatable bonds is 6. The molecule has 1 amide bonds. The first kappa shape index (κ1) is 21.8. The Kier molecular flexibility index (Phi) is 5.92. The molecule has 2 heterocycles. The summed E-state index contributed by atoms with van der Waals surface area (Å²) in [7, 11) is 0. The lowest BCUT2D eigenvalue weighted by atomic mass is 10.0. The summed E-state index contributed by atoms with van der Waals surface area (Å²) in [5.74, 6) is -1.26. The molecule has 7 nitrogen and oxygen atoms in total. The van der Waals surface area contributed by atoms with E-state index in [0.717, 1.165) is 5.56 Å². The predicted octanol–water partition coefficient (Wildman–Crippen LogP) is 5.55. The van der Waals surface area contributed by atoms with E-state index in [1.54, 1.807) is 36.4 Å². The normalized spacial score (nSPS) is 11.1. The SMILES string of the molecule is O=C(Oc1ccccc1C=NNC(=O)c1[nH]c2ccc(F)cc2c1-c1ccccc1)c1ccco1. The van der Waals surface area contributed by atoms with Crippen molar-refractivity contribution >= 4 is 29.0 Å². The molecule has 0 radical (unpaired) electrons. The van der Waals surface area contributed by atoms with Crippen LogP contribution < -0.4 is 10.2 Å². The molecule has 0 aliphatic rings. The van der Waals surface area contributed by atoms with Gasteiger partial charge in [0.2, 0.25) is 5.76 Å². The minimum absolute atomic E-state index is 0.0636. The van der Waals surface area contributed by atoms with Crippen LogP contribution in [-0.2, 0) is 0 Å². The van der Waals surface area contributed by atoms with E-state index >= 15 is 0 Å². The summed E-state index contributed by atoms with van der Waals surface area (Å²) in [4.78, 5) is 28.3. The fraction of sp³-hybridized carbons (Fsp3) is 0. The van der Waals surface area contributed by atoms with E-state index in [9.17, 15) is 14.0 Å². The molecule has 0 spiro atoms. The summed E-state index contributed by atoms with van der Waals surface area (Å²) in [5.41, 5.74) is 5.15. The molecule has 0 saturated carbocycles. The van der Waals surface area contributed by atoms with Crippen molar-refractivity contribution < 1.29 is 23.1 Å². The predicted molar refractivity (Wildman–Crippen MR) is 129 cm³/mol. The van der Waals surface area contributed by atoms with E-state index in [0.29, 0.717) is 22.0 Å². The van der Waals surface area contributed by atoms with Crippen molar-refractivity contribution in [1.29, 1.82) is 0 Å². The summed E-state index contributed by atoms with van der Waals surface area (Å²) in [5, 5.41) is 4.62. The van der Waals surface area contributed by atoms with E-state index in [2.05, 4.69) is 15.5 Å². The molecule has 3 aromatic carbocycles. The van der Waals surface area contributed by atoms with Gasteiger partial charge in [0.1, 0.15) is 17.3 Å². The first-order valence-corrected chi connectivity index (χ1v) is 10.6. The Bertz CT molecular complexity index is 1540. The number of ether oxygens (including phenoxy) is 1. The summed E-state index contributed by atoms with van der Waals surface area (Å²) >= 11 is 0. The lowest BCUT2D eigenvalue weighted by molar-refractivity contribution is 0.0701.